The first-order chi connectivity index (χ1) is 8.47. The van der Waals surface area contributed by atoms with E-state index in [9.17, 15) is 8.42 Å². The van der Waals surface area contributed by atoms with Gasteiger partial charge in [-0.2, -0.15) is 8.42 Å². The minimum absolute atomic E-state index is 0.0617. The molecule has 2 atom stereocenters. The summed E-state index contributed by atoms with van der Waals surface area (Å²) in [7, 11) is -4.40. The number of benzene rings is 1. The van der Waals surface area contributed by atoms with Crippen molar-refractivity contribution in [2.45, 2.75) is 18.6 Å². The number of fused-ring (bicyclic) bond motifs is 1. The van der Waals surface area contributed by atoms with Crippen LogP contribution in [0.4, 0.5) is 0 Å². The maximum atomic E-state index is 10.3. The van der Waals surface area contributed by atoms with E-state index >= 15 is 0 Å². The van der Waals surface area contributed by atoms with Gasteiger partial charge >= 0.3 is 10.4 Å². The number of hydrogen-bond donors (Lipinski definition) is 2. The predicted molar refractivity (Wildman–Crippen MR) is 64.3 cm³/mol. The minimum atomic E-state index is -4.40. The zero-order valence-corrected chi connectivity index (χ0v) is 10.5. The van der Waals surface area contributed by atoms with Crippen LogP contribution in [0.25, 0.3) is 0 Å². The second kappa shape index (κ2) is 5.33. The van der Waals surface area contributed by atoms with Crippen molar-refractivity contribution in [3.8, 4) is 0 Å². The monoisotopic (exact) mass is 273 g/mol. The largest absolute Gasteiger partial charge is 0.397 e. The maximum absolute atomic E-state index is 10.3. The SMILES string of the molecule is N[C@H]1c2ccccc2C[C@H]1OCCOS(=O)(=O)O. The Kier molecular flexibility index (Phi) is 3.98. The van der Waals surface area contributed by atoms with Crippen LogP contribution in [0.15, 0.2) is 24.3 Å². The molecule has 2 rings (SSSR count). The molecule has 1 aliphatic carbocycles. The molecule has 100 valence electrons. The molecule has 0 saturated carbocycles. The minimum Gasteiger partial charge on any atom is -0.373 e. The van der Waals surface area contributed by atoms with E-state index in [1.165, 1.54) is 0 Å². The van der Waals surface area contributed by atoms with Crippen LogP contribution in [0.1, 0.15) is 17.2 Å². The predicted octanol–water partition coefficient (Wildman–Crippen LogP) is 0.447. The van der Waals surface area contributed by atoms with E-state index in [2.05, 4.69) is 4.18 Å². The molecule has 0 radical (unpaired) electrons. The third kappa shape index (κ3) is 3.27. The lowest BCUT2D eigenvalue weighted by Gasteiger charge is -2.16. The van der Waals surface area contributed by atoms with Crippen molar-refractivity contribution in [2.75, 3.05) is 13.2 Å². The van der Waals surface area contributed by atoms with Gasteiger partial charge in [0.1, 0.15) is 0 Å². The summed E-state index contributed by atoms with van der Waals surface area (Å²) in [6.45, 7) is -0.162. The molecule has 0 heterocycles. The van der Waals surface area contributed by atoms with Crippen LogP contribution in [0.5, 0.6) is 0 Å². The van der Waals surface area contributed by atoms with Crippen molar-refractivity contribution >= 4 is 10.4 Å². The van der Waals surface area contributed by atoms with Crippen LogP contribution in [0.2, 0.25) is 0 Å². The standard InChI is InChI=1S/C11H15NO5S/c12-11-9-4-2-1-3-8(9)7-10(11)16-5-6-17-18(13,14)15/h1-4,10-11H,5-7,12H2,(H,13,14,15)/t10-,11+/m1/s1. The van der Waals surface area contributed by atoms with Gasteiger partial charge in [0.05, 0.1) is 25.4 Å². The average molecular weight is 273 g/mol. The quantitative estimate of drug-likeness (QED) is 0.597. The Hall–Kier alpha value is -0.990. The van der Waals surface area contributed by atoms with Gasteiger partial charge in [0.2, 0.25) is 0 Å². The molecular formula is C11H15NO5S. The molecule has 0 bridgehead atoms. The van der Waals surface area contributed by atoms with Gasteiger partial charge in [-0.3, -0.25) is 4.55 Å². The molecule has 7 heteroatoms. The van der Waals surface area contributed by atoms with Crippen molar-refractivity contribution in [3.05, 3.63) is 35.4 Å². The zero-order valence-electron chi connectivity index (χ0n) is 9.65. The van der Waals surface area contributed by atoms with E-state index in [-0.39, 0.29) is 25.4 Å². The van der Waals surface area contributed by atoms with Gasteiger partial charge < -0.3 is 10.5 Å². The van der Waals surface area contributed by atoms with E-state index in [0.29, 0.717) is 6.42 Å². The molecule has 18 heavy (non-hydrogen) atoms. The number of nitrogens with two attached hydrogens (primary N) is 1. The molecule has 6 nitrogen and oxygen atoms in total. The summed E-state index contributed by atoms with van der Waals surface area (Å²) in [5, 5.41) is 0. The summed E-state index contributed by atoms with van der Waals surface area (Å²) < 4.78 is 38.7. The Morgan fingerprint density at radius 3 is 2.72 bits per heavy atom. The first-order valence-corrected chi connectivity index (χ1v) is 6.91. The van der Waals surface area contributed by atoms with Crippen LogP contribution in [-0.2, 0) is 25.7 Å². The van der Waals surface area contributed by atoms with Gasteiger partial charge in [-0.25, -0.2) is 4.18 Å². The lowest BCUT2D eigenvalue weighted by molar-refractivity contribution is 0.0248. The first kappa shape index (κ1) is 13.4. The third-order valence-electron chi connectivity index (χ3n) is 2.88. The molecule has 0 amide bonds. The van der Waals surface area contributed by atoms with Gasteiger partial charge in [-0.1, -0.05) is 24.3 Å². The molecule has 1 aliphatic rings. The van der Waals surface area contributed by atoms with Gasteiger partial charge in [-0.15, -0.1) is 0 Å². The molecule has 0 spiro atoms. The smallest absolute Gasteiger partial charge is 0.373 e. The summed E-state index contributed by atoms with van der Waals surface area (Å²) in [5.74, 6) is 0. The van der Waals surface area contributed by atoms with Gasteiger partial charge in [0, 0.05) is 6.42 Å². The van der Waals surface area contributed by atoms with Crippen molar-refractivity contribution in [1.29, 1.82) is 0 Å². The van der Waals surface area contributed by atoms with Crippen LogP contribution >= 0.6 is 0 Å². The van der Waals surface area contributed by atoms with E-state index < -0.39 is 10.4 Å². The molecule has 0 aromatic heterocycles. The average Bonchev–Trinajstić information content (AvgIpc) is 2.62. The van der Waals surface area contributed by atoms with Gasteiger partial charge in [0.25, 0.3) is 0 Å². The highest BCUT2D eigenvalue weighted by molar-refractivity contribution is 7.80. The Morgan fingerprint density at radius 1 is 1.33 bits per heavy atom. The topological polar surface area (TPSA) is 98.9 Å². The zero-order chi connectivity index (χ0) is 13.2. The third-order valence-corrected chi connectivity index (χ3v) is 3.35. The molecule has 0 aliphatic heterocycles. The van der Waals surface area contributed by atoms with E-state index in [4.69, 9.17) is 15.0 Å². The highest BCUT2D eigenvalue weighted by Gasteiger charge is 2.29. The van der Waals surface area contributed by atoms with Gasteiger partial charge in [-0.05, 0) is 11.1 Å². The fourth-order valence-electron chi connectivity index (χ4n) is 2.09. The molecule has 3 N–H and O–H groups in total. The second-order valence-electron chi connectivity index (χ2n) is 4.09. The summed E-state index contributed by atoms with van der Waals surface area (Å²) in [4.78, 5) is 0. The normalized spacial score (nSPS) is 23.0. The summed E-state index contributed by atoms with van der Waals surface area (Å²) in [6, 6.07) is 7.59. The molecule has 0 unspecified atom stereocenters. The molecule has 1 aromatic carbocycles. The van der Waals surface area contributed by atoms with Crippen molar-refractivity contribution < 1.29 is 21.9 Å². The van der Waals surface area contributed by atoms with Crippen molar-refractivity contribution in [1.82, 2.24) is 0 Å². The summed E-state index contributed by atoms with van der Waals surface area (Å²) in [5.41, 5.74) is 8.22. The van der Waals surface area contributed by atoms with Crippen LogP contribution in [0.3, 0.4) is 0 Å². The van der Waals surface area contributed by atoms with Gasteiger partial charge in [0.15, 0.2) is 0 Å². The van der Waals surface area contributed by atoms with Crippen LogP contribution in [-0.4, -0.2) is 32.3 Å². The lowest BCUT2D eigenvalue weighted by atomic mass is 10.1. The molecule has 0 saturated heterocycles. The maximum Gasteiger partial charge on any atom is 0.397 e. The fourth-order valence-corrected chi connectivity index (χ4v) is 2.37. The Balaban J connectivity index is 1.83. The highest BCUT2D eigenvalue weighted by atomic mass is 32.3. The molecule has 1 aromatic rings. The second-order valence-corrected chi connectivity index (χ2v) is 5.18. The van der Waals surface area contributed by atoms with Crippen LogP contribution < -0.4 is 5.73 Å². The number of rotatable bonds is 5. The Morgan fingerprint density at radius 2 is 2.06 bits per heavy atom. The summed E-state index contributed by atoms with van der Waals surface area (Å²) in [6.07, 6.45) is 0.510. The number of hydrogen-bond acceptors (Lipinski definition) is 5. The van der Waals surface area contributed by atoms with E-state index in [1.54, 1.807) is 0 Å². The molecular weight excluding hydrogens is 258 g/mol. The molecule has 0 fully saturated rings. The fraction of sp³-hybridized carbons (Fsp3) is 0.455. The summed E-state index contributed by atoms with van der Waals surface area (Å²) >= 11 is 0. The highest BCUT2D eigenvalue weighted by Crippen LogP contribution is 2.31. The van der Waals surface area contributed by atoms with E-state index in [0.717, 1.165) is 11.1 Å². The van der Waals surface area contributed by atoms with Crippen molar-refractivity contribution in [3.63, 3.8) is 0 Å². The van der Waals surface area contributed by atoms with Crippen molar-refractivity contribution in [2.24, 2.45) is 5.73 Å². The lowest BCUT2D eigenvalue weighted by Crippen LogP contribution is -2.26. The van der Waals surface area contributed by atoms with Crippen LogP contribution in [0, 0.1) is 0 Å². The van der Waals surface area contributed by atoms with E-state index in [1.807, 2.05) is 24.3 Å². The Bertz CT molecular complexity index is 516. The number of ether oxygens (including phenoxy) is 1. The Labute approximate surface area is 106 Å². The first-order valence-electron chi connectivity index (χ1n) is 5.54.